The van der Waals surface area contributed by atoms with Crippen molar-refractivity contribution in [3.63, 3.8) is 0 Å². The van der Waals surface area contributed by atoms with E-state index in [0.717, 1.165) is 25.4 Å². The Hall–Kier alpha value is -2.17. The average Bonchev–Trinajstić information content (AvgIpc) is 3.10. The fourth-order valence-electron chi connectivity index (χ4n) is 3.01. The van der Waals surface area contributed by atoms with E-state index in [4.69, 9.17) is 4.74 Å². The van der Waals surface area contributed by atoms with E-state index in [2.05, 4.69) is 53.2 Å². The molecule has 0 saturated heterocycles. The van der Waals surface area contributed by atoms with E-state index in [-0.39, 0.29) is 0 Å². The Bertz CT molecular complexity index is 783. The minimum atomic E-state index is 0.900. The first-order valence-electron chi connectivity index (χ1n) is 9.08. The summed E-state index contributed by atoms with van der Waals surface area (Å²) in [6.45, 7) is 5.02. The summed E-state index contributed by atoms with van der Waals surface area (Å²) < 4.78 is 5.27. The molecule has 0 radical (unpaired) electrons. The minimum absolute atomic E-state index is 0.900. The fourth-order valence-corrected chi connectivity index (χ4v) is 4.17. The number of thiophene rings is 1. The number of pyridine rings is 1. The van der Waals surface area contributed by atoms with Crippen molar-refractivity contribution in [2.45, 2.75) is 39.4 Å². The Morgan fingerprint density at radius 3 is 2.15 bits per heavy atom. The molecule has 136 valence electrons. The van der Waals surface area contributed by atoms with Crippen LogP contribution in [0.25, 0.3) is 0 Å². The number of aryl methyl sites for hydroxylation is 1. The van der Waals surface area contributed by atoms with E-state index >= 15 is 0 Å². The summed E-state index contributed by atoms with van der Waals surface area (Å²) in [7, 11) is 1.70. The predicted molar refractivity (Wildman–Crippen MR) is 108 cm³/mol. The summed E-state index contributed by atoms with van der Waals surface area (Å²) in [5.74, 6) is 0.900. The molecule has 0 aliphatic carbocycles. The molecule has 0 atom stereocenters. The van der Waals surface area contributed by atoms with Crippen molar-refractivity contribution in [2.24, 2.45) is 0 Å². The zero-order chi connectivity index (χ0) is 18.2. The monoisotopic (exact) mass is 366 g/mol. The molecule has 3 aromatic rings. The van der Waals surface area contributed by atoms with Gasteiger partial charge in [0.05, 0.1) is 7.11 Å². The van der Waals surface area contributed by atoms with E-state index in [0.29, 0.717) is 0 Å². The highest BCUT2D eigenvalue weighted by Gasteiger charge is 2.10. The van der Waals surface area contributed by atoms with Crippen molar-refractivity contribution < 1.29 is 4.74 Å². The minimum Gasteiger partial charge on any atom is -0.497 e. The SMILES string of the molecule is CCCc1ccc(CN(Cc2ccncc2)Cc2ccc(OC)cc2)s1. The molecule has 3 rings (SSSR count). The van der Waals surface area contributed by atoms with Gasteiger partial charge in [0.25, 0.3) is 0 Å². The van der Waals surface area contributed by atoms with Crippen LogP contribution in [0.5, 0.6) is 5.75 Å². The lowest BCUT2D eigenvalue weighted by Gasteiger charge is -2.22. The van der Waals surface area contributed by atoms with Gasteiger partial charge in [0.15, 0.2) is 0 Å². The van der Waals surface area contributed by atoms with E-state index in [1.165, 1.54) is 33.7 Å². The van der Waals surface area contributed by atoms with E-state index in [1.807, 2.05) is 35.9 Å². The van der Waals surface area contributed by atoms with Crippen molar-refractivity contribution >= 4 is 11.3 Å². The second-order valence-corrected chi connectivity index (χ2v) is 7.72. The molecule has 0 spiro atoms. The van der Waals surface area contributed by atoms with Gasteiger partial charge >= 0.3 is 0 Å². The highest BCUT2D eigenvalue weighted by atomic mass is 32.1. The molecular formula is C22H26N2OS. The maximum absolute atomic E-state index is 5.27. The number of hydrogen-bond acceptors (Lipinski definition) is 4. The highest BCUT2D eigenvalue weighted by molar-refractivity contribution is 7.11. The van der Waals surface area contributed by atoms with Gasteiger partial charge in [-0.25, -0.2) is 0 Å². The van der Waals surface area contributed by atoms with Crippen LogP contribution < -0.4 is 4.74 Å². The molecule has 0 aliphatic heterocycles. The lowest BCUT2D eigenvalue weighted by atomic mass is 10.1. The first-order chi connectivity index (χ1) is 12.8. The molecule has 0 saturated carbocycles. The third-order valence-electron chi connectivity index (χ3n) is 4.31. The molecule has 0 unspecified atom stereocenters. The van der Waals surface area contributed by atoms with Gasteiger partial charge in [0, 0.05) is 41.8 Å². The predicted octanol–water partition coefficient (Wildman–Crippen LogP) is 5.31. The van der Waals surface area contributed by atoms with Crippen molar-refractivity contribution in [1.29, 1.82) is 0 Å². The first kappa shape index (κ1) is 18.6. The summed E-state index contributed by atoms with van der Waals surface area (Å²) in [6.07, 6.45) is 6.11. The average molecular weight is 367 g/mol. The van der Waals surface area contributed by atoms with Gasteiger partial charge in [-0.05, 0) is 53.9 Å². The molecule has 0 fully saturated rings. The van der Waals surface area contributed by atoms with Crippen LogP contribution in [0.1, 0.15) is 34.2 Å². The Kier molecular flexibility index (Phi) is 6.81. The molecule has 3 nitrogen and oxygen atoms in total. The van der Waals surface area contributed by atoms with Crippen LogP contribution in [-0.4, -0.2) is 17.0 Å². The van der Waals surface area contributed by atoms with Crippen LogP contribution in [0.3, 0.4) is 0 Å². The summed E-state index contributed by atoms with van der Waals surface area (Å²) in [6, 6.07) is 17.1. The second-order valence-electron chi connectivity index (χ2n) is 6.47. The van der Waals surface area contributed by atoms with E-state index in [9.17, 15) is 0 Å². The number of methoxy groups -OCH3 is 1. The molecule has 4 heteroatoms. The maximum atomic E-state index is 5.27. The number of benzene rings is 1. The van der Waals surface area contributed by atoms with Gasteiger partial charge in [-0.1, -0.05) is 25.5 Å². The molecule has 2 heterocycles. The van der Waals surface area contributed by atoms with E-state index in [1.54, 1.807) is 7.11 Å². The Balaban J connectivity index is 1.73. The molecule has 1 aromatic carbocycles. The number of rotatable bonds is 9. The smallest absolute Gasteiger partial charge is 0.118 e. The molecule has 2 aromatic heterocycles. The van der Waals surface area contributed by atoms with Crippen LogP contribution >= 0.6 is 11.3 Å². The number of hydrogen-bond donors (Lipinski definition) is 0. The van der Waals surface area contributed by atoms with Crippen LogP contribution in [0.2, 0.25) is 0 Å². The molecule has 0 aliphatic rings. The summed E-state index contributed by atoms with van der Waals surface area (Å²) in [5, 5.41) is 0. The van der Waals surface area contributed by atoms with Gasteiger partial charge in [-0.15, -0.1) is 11.3 Å². The number of nitrogens with zero attached hydrogens (tertiary/aromatic N) is 2. The molecule has 0 N–H and O–H groups in total. The van der Waals surface area contributed by atoms with Gasteiger partial charge < -0.3 is 4.74 Å². The normalized spacial score (nSPS) is 11.0. The van der Waals surface area contributed by atoms with E-state index < -0.39 is 0 Å². The lowest BCUT2D eigenvalue weighted by molar-refractivity contribution is 0.250. The third kappa shape index (κ3) is 5.41. The van der Waals surface area contributed by atoms with Crippen LogP contribution in [-0.2, 0) is 26.1 Å². The largest absolute Gasteiger partial charge is 0.497 e. The van der Waals surface area contributed by atoms with Gasteiger partial charge in [-0.3, -0.25) is 9.88 Å². The van der Waals surface area contributed by atoms with Gasteiger partial charge in [0.2, 0.25) is 0 Å². The Morgan fingerprint density at radius 2 is 1.50 bits per heavy atom. The molecule has 0 amide bonds. The van der Waals surface area contributed by atoms with Crippen LogP contribution in [0, 0.1) is 0 Å². The zero-order valence-corrected chi connectivity index (χ0v) is 16.3. The summed E-state index contributed by atoms with van der Waals surface area (Å²) in [5.41, 5.74) is 2.59. The molecule has 26 heavy (non-hydrogen) atoms. The quantitative estimate of drug-likeness (QED) is 0.513. The highest BCUT2D eigenvalue weighted by Crippen LogP contribution is 2.22. The van der Waals surface area contributed by atoms with Gasteiger partial charge in [-0.2, -0.15) is 0 Å². The van der Waals surface area contributed by atoms with Crippen molar-refractivity contribution in [1.82, 2.24) is 9.88 Å². The summed E-state index contributed by atoms with van der Waals surface area (Å²) in [4.78, 5) is 9.53. The number of aromatic nitrogens is 1. The Morgan fingerprint density at radius 1 is 0.846 bits per heavy atom. The van der Waals surface area contributed by atoms with Crippen molar-refractivity contribution in [3.05, 3.63) is 81.8 Å². The second kappa shape index (κ2) is 9.51. The van der Waals surface area contributed by atoms with Crippen molar-refractivity contribution in [3.8, 4) is 5.75 Å². The first-order valence-corrected chi connectivity index (χ1v) is 9.90. The van der Waals surface area contributed by atoms with Crippen LogP contribution in [0.15, 0.2) is 60.9 Å². The molecule has 0 bridgehead atoms. The van der Waals surface area contributed by atoms with Gasteiger partial charge in [0.1, 0.15) is 5.75 Å². The molecular weight excluding hydrogens is 340 g/mol. The fraction of sp³-hybridized carbons (Fsp3) is 0.318. The van der Waals surface area contributed by atoms with Crippen molar-refractivity contribution in [2.75, 3.05) is 7.11 Å². The van der Waals surface area contributed by atoms with Crippen LogP contribution in [0.4, 0.5) is 0 Å². The third-order valence-corrected chi connectivity index (χ3v) is 5.44. The lowest BCUT2D eigenvalue weighted by Crippen LogP contribution is -2.22. The number of ether oxygens (including phenoxy) is 1. The summed E-state index contributed by atoms with van der Waals surface area (Å²) >= 11 is 1.94. The zero-order valence-electron chi connectivity index (χ0n) is 15.5. The standard InChI is InChI=1S/C22H26N2OS/c1-3-4-21-9-10-22(26-21)17-24(16-19-11-13-23-14-12-19)15-18-5-7-20(25-2)8-6-18/h5-14H,3-4,15-17H2,1-2H3. The topological polar surface area (TPSA) is 25.4 Å². The maximum Gasteiger partial charge on any atom is 0.118 e. The Labute approximate surface area is 160 Å².